The molecule has 1 aromatic rings. The second-order valence-corrected chi connectivity index (χ2v) is 5.24. The Morgan fingerprint density at radius 2 is 2.04 bits per heavy atom. The molecule has 2 amide bonds. The normalized spacial score (nSPS) is 18.5. The SMILES string of the molecule is CCN1C(=O)N[C@@H](c2cccc(C(F)(F)F)c2)C(C(=O)OC)=C1C. The number of allylic oxidation sites excluding steroid dienone is 1. The Labute approximate surface area is 137 Å². The molecule has 1 aliphatic heterocycles. The number of benzene rings is 1. The minimum atomic E-state index is -4.52. The van der Waals surface area contributed by atoms with Crippen LogP contribution in [0.4, 0.5) is 18.0 Å². The largest absolute Gasteiger partial charge is 0.466 e. The van der Waals surface area contributed by atoms with E-state index in [-0.39, 0.29) is 11.1 Å². The van der Waals surface area contributed by atoms with Gasteiger partial charge in [0.1, 0.15) is 0 Å². The molecule has 0 spiro atoms. The maximum absolute atomic E-state index is 12.9. The third-order valence-corrected chi connectivity index (χ3v) is 3.87. The predicted octanol–water partition coefficient (Wildman–Crippen LogP) is 3.24. The standard InChI is InChI=1S/C16H17F3N2O3/c1-4-21-9(2)12(14(22)24-3)13(20-15(21)23)10-6-5-7-11(8-10)16(17,18)19/h5-8,13H,4H2,1-3H3,(H,20,23)/t13-/m0/s1. The maximum atomic E-state index is 12.9. The van der Waals surface area contributed by atoms with Crippen LogP contribution in [0.3, 0.4) is 0 Å². The molecule has 1 aliphatic rings. The number of esters is 1. The summed E-state index contributed by atoms with van der Waals surface area (Å²) in [6.07, 6.45) is -4.52. The number of carbonyl (C=O) groups is 2. The molecule has 0 bridgehead atoms. The zero-order chi connectivity index (χ0) is 18.1. The lowest BCUT2D eigenvalue weighted by molar-refractivity contribution is -0.137. The van der Waals surface area contributed by atoms with Crippen LogP contribution in [0.15, 0.2) is 35.5 Å². The van der Waals surface area contributed by atoms with Gasteiger partial charge in [-0.3, -0.25) is 4.90 Å². The van der Waals surface area contributed by atoms with Crippen LogP contribution < -0.4 is 5.32 Å². The number of carbonyl (C=O) groups excluding carboxylic acids is 2. The van der Waals surface area contributed by atoms with Gasteiger partial charge in [0.2, 0.25) is 0 Å². The van der Waals surface area contributed by atoms with Crippen molar-refractivity contribution in [2.24, 2.45) is 0 Å². The summed E-state index contributed by atoms with van der Waals surface area (Å²) in [5, 5.41) is 2.57. The zero-order valence-electron chi connectivity index (χ0n) is 13.4. The van der Waals surface area contributed by atoms with Gasteiger partial charge in [-0.25, -0.2) is 9.59 Å². The third-order valence-electron chi connectivity index (χ3n) is 3.87. The average Bonchev–Trinajstić information content (AvgIpc) is 2.53. The molecular weight excluding hydrogens is 325 g/mol. The Morgan fingerprint density at radius 1 is 1.38 bits per heavy atom. The number of rotatable bonds is 3. The molecule has 1 N–H and O–H groups in total. The zero-order valence-corrected chi connectivity index (χ0v) is 13.4. The highest BCUT2D eigenvalue weighted by Crippen LogP contribution is 2.35. The van der Waals surface area contributed by atoms with Crippen molar-refractivity contribution in [3.8, 4) is 0 Å². The number of methoxy groups -OCH3 is 1. The molecule has 5 nitrogen and oxygen atoms in total. The molecule has 0 saturated heterocycles. The van der Waals surface area contributed by atoms with Gasteiger partial charge < -0.3 is 10.1 Å². The van der Waals surface area contributed by atoms with Gasteiger partial charge in [-0.15, -0.1) is 0 Å². The highest BCUT2D eigenvalue weighted by atomic mass is 19.4. The number of nitrogens with one attached hydrogen (secondary N) is 1. The fourth-order valence-corrected chi connectivity index (χ4v) is 2.68. The van der Waals surface area contributed by atoms with Gasteiger partial charge in [0, 0.05) is 12.2 Å². The van der Waals surface area contributed by atoms with Crippen LogP contribution in [0.25, 0.3) is 0 Å². The number of nitrogens with zero attached hydrogens (tertiary/aromatic N) is 1. The summed E-state index contributed by atoms with van der Waals surface area (Å²) in [5.41, 5.74) is -0.225. The molecule has 24 heavy (non-hydrogen) atoms. The van der Waals surface area contributed by atoms with Gasteiger partial charge in [0.25, 0.3) is 0 Å². The highest BCUT2D eigenvalue weighted by molar-refractivity contribution is 5.95. The summed E-state index contributed by atoms with van der Waals surface area (Å²) < 4.78 is 43.5. The first kappa shape index (κ1) is 17.8. The Bertz CT molecular complexity index is 698. The van der Waals surface area contributed by atoms with Crippen LogP contribution >= 0.6 is 0 Å². The molecule has 1 aromatic carbocycles. The minimum Gasteiger partial charge on any atom is -0.466 e. The van der Waals surface area contributed by atoms with Crippen LogP contribution in [0.5, 0.6) is 0 Å². The molecule has 1 heterocycles. The lowest BCUT2D eigenvalue weighted by atomic mass is 9.93. The lowest BCUT2D eigenvalue weighted by Crippen LogP contribution is -2.47. The Morgan fingerprint density at radius 3 is 2.58 bits per heavy atom. The number of halogens is 3. The van der Waals surface area contributed by atoms with Crippen molar-refractivity contribution in [3.05, 3.63) is 46.7 Å². The van der Waals surface area contributed by atoms with E-state index in [2.05, 4.69) is 5.32 Å². The Kier molecular flexibility index (Phi) is 4.86. The van der Waals surface area contributed by atoms with Gasteiger partial charge in [0.05, 0.1) is 24.3 Å². The van der Waals surface area contributed by atoms with E-state index >= 15 is 0 Å². The molecule has 8 heteroatoms. The van der Waals surface area contributed by atoms with Crippen molar-refractivity contribution in [1.29, 1.82) is 0 Å². The smallest absolute Gasteiger partial charge is 0.416 e. The van der Waals surface area contributed by atoms with E-state index in [0.29, 0.717) is 12.2 Å². The summed E-state index contributed by atoms with van der Waals surface area (Å²) in [5.74, 6) is -0.701. The Hall–Kier alpha value is -2.51. The topological polar surface area (TPSA) is 58.6 Å². The van der Waals surface area contributed by atoms with E-state index < -0.39 is 29.8 Å². The maximum Gasteiger partial charge on any atom is 0.416 e. The van der Waals surface area contributed by atoms with Gasteiger partial charge >= 0.3 is 18.2 Å². The van der Waals surface area contributed by atoms with E-state index in [9.17, 15) is 22.8 Å². The van der Waals surface area contributed by atoms with Gasteiger partial charge in [-0.2, -0.15) is 13.2 Å². The second kappa shape index (κ2) is 6.54. The molecule has 0 aromatic heterocycles. The van der Waals surface area contributed by atoms with Crippen molar-refractivity contribution in [2.45, 2.75) is 26.1 Å². The Balaban J connectivity index is 2.57. The molecule has 0 radical (unpaired) electrons. The van der Waals surface area contributed by atoms with Crippen molar-refractivity contribution in [1.82, 2.24) is 10.2 Å². The summed E-state index contributed by atoms with van der Waals surface area (Å²) in [6.45, 7) is 3.60. The van der Waals surface area contributed by atoms with Crippen LogP contribution in [0.1, 0.15) is 31.0 Å². The fraction of sp³-hybridized carbons (Fsp3) is 0.375. The molecule has 2 rings (SSSR count). The molecule has 0 saturated carbocycles. The molecular formula is C16H17F3N2O3. The molecule has 0 aliphatic carbocycles. The van der Waals surface area contributed by atoms with Crippen molar-refractivity contribution < 1.29 is 27.5 Å². The minimum absolute atomic E-state index is 0.110. The molecule has 130 valence electrons. The highest BCUT2D eigenvalue weighted by Gasteiger charge is 2.37. The van der Waals surface area contributed by atoms with E-state index in [1.165, 1.54) is 24.1 Å². The van der Waals surface area contributed by atoms with Gasteiger partial charge in [-0.05, 0) is 31.5 Å². The number of hydrogen-bond donors (Lipinski definition) is 1. The van der Waals surface area contributed by atoms with Gasteiger partial charge in [0.15, 0.2) is 0 Å². The van der Waals surface area contributed by atoms with E-state index in [1.54, 1.807) is 13.8 Å². The average molecular weight is 342 g/mol. The summed E-state index contributed by atoms with van der Waals surface area (Å²) >= 11 is 0. The number of alkyl halides is 3. The van der Waals surface area contributed by atoms with E-state index in [0.717, 1.165) is 12.1 Å². The molecule has 0 unspecified atom stereocenters. The predicted molar refractivity (Wildman–Crippen MR) is 79.8 cm³/mol. The third kappa shape index (κ3) is 3.22. The number of ether oxygens (including phenoxy) is 1. The first-order valence-electron chi connectivity index (χ1n) is 7.25. The van der Waals surface area contributed by atoms with E-state index in [4.69, 9.17) is 4.74 Å². The number of hydrogen-bond acceptors (Lipinski definition) is 3. The van der Waals surface area contributed by atoms with Crippen molar-refractivity contribution in [2.75, 3.05) is 13.7 Å². The molecule has 1 atom stereocenters. The summed E-state index contributed by atoms with van der Waals surface area (Å²) in [4.78, 5) is 25.6. The van der Waals surface area contributed by atoms with Crippen molar-refractivity contribution in [3.63, 3.8) is 0 Å². The second-order valence-electron chi connectivity index (χ2n) is 5.24. The fourth-order valence-electron chi connectivity index (χ4n) is 2.68. The lowest BCUT2D eigenvalue weighted by Gasteiger charge is -2.34. The van der Waals surface area contributed by atoms with Crippen LogP contribution in [-0.2, 0) is 15.7 Å². The summed E-state index contributed by atoms with van der Waals surface area (Å²) in [7, 11) is 1.18. The first-order valence-corrected chi connectivity index (χ1v) is 7.25. The number of urea groups is 1. The van der Waals surface area contributed by atoms with Crippen LogP contribution in [0, 0.1) is 0 Å². The van der Waals surface area contributed by atoms with Crippen LogP contribution in [-0.4, -0.2) is 30.6 Å². The van der Waals surface area contributed by atoms with Gasteiger partial charge in [-0.1, -0.05) is 12.1 Å². The monoisotopic (exact) mass is 342 g/mol. The van der Waals surface area contributed by atoms with Crippen LogP contribution in [0.2, 0.25) is 0 Å². The molecule has 0 fully saturated rings. The number of amides is 2. The first-order chi connectivity index (χ1) is 11.2. The quantitative estimate of drug-likeness (QED) is 0.858. The summed E-state index contributed by atoms with van der Waals surface area (Å²) in [6, 6.07) is 3.03. The van der Waals surface area contributed by atoms with E-state index in [1.807, 2.05) is 0 Å². The van der Waals surface area contributed by atoms with Crippen molar-refractivity contribution >= 4 is 12.0 Å².